The van der Waals surface area contributed by atoms with Crippen molar-refractivity contribution >= 4 is 11.8 Å². The van der Waals surface area contributed by atoms with Crippen molar-refractivity contribution in [1.29, 1.82) is 0 Å². The molecule has 1 aliphatic rings. The van der Waals surface area contributed by atoms with E-state index in [1.807, 2.05) is 9.80 Å². The molecule has 1 heterocycles. The Hall–Kier alpha value is -1.10. The summed E-state index contributed by atoms with van der Waals surface area (Å²) >= 11 is 0. The molecule has 2 N–H and O–H groups in total. The summed E-state index contributed by atoms with van der Waals surface area (Å²) in [4.78, 5) is 27.1. The zero-order valence-corrected chi connectivity index (χ0v) is 12.1. The van der Waals surface area contributed by atoms with Crippen molar-refractivity contribution in [2.75, 3.05) is 32.7 Å². The Morgan fingerprint density at radius 1 is 0.947 bits per heavy atom. The number of nitrogens with zero attached hydrogens (tertiary/aromatic N) is 2. The van der Waals surface area contributed by atoms with Gasteiger partial charge in [0.15, 0.2) is 0 Å². The first kappa shape index (κ1) is 16.0. The van der Waals surface area contributed by atoms with Crippen LogP contribution in [0.2, 0.25) is 0 Å². The summed E-state index contributed by atoms with van der Waals surface area (Å²) < 4.78 is 0. The Kier molecular flexibility index (Phi) is 7.48. The average Bonchev–Trinajstić information content (AvgIpc) is 2.64. The molecule has 2 amide bonds. The molecule has 1 fully saturated rings. The smallest absolute Gasteiger partial charge is 0.222 e. The van der Waals surface area contributed by atoms with E-state index in [-0.39, 0.29) is 11.8 Å². The normalized spacial score (nSPS) is 16.3. The van der Waals surface area contributed by atoms with Crippen molar-refractivity contribution in [3.8, 4) is 0 Å². The van der Waals surface area contributed by atoms with Gasteiger partial charge in [-0.1, -0.05) is 12.8 Å². The molecule has 110 valence electrons. The van der Waals surface area contributed by atoms with Crippen LogP contribution < -0.4 is 5.73 Å². The van der Waals surface area contributed by atoms with Crippen LogP contribution in [0.5, 0.6) is 0 Å². The van der Waals surface area contributed by atoms with Crippen molar-refractivity contribution in [1.82, 2.24) is 9.80 Å². The highest BCUT2D eigenvalue weighted by Crippen LogP contribution is 2.09. The Bertz CT molecular complexity index is 294. The maximum Gasteiger partial charge on any atom is 0.222 e. The standard InChI is InChI=1S/C14H27N3O2/c1-13(18)16-9-6-10-17(12-11-16)14(19)7-4-2-3-5-8-15/h2-12,15H2,1H3. The van der Waals surface area contributed by atoms with E-state index in [9.17, 15) is 9.59 Å². The van der Waals surface area contributed by atoms with Crippen LogP contribution in [-0.4, -0.2) is 54.3 Å². The van der Waals surface area contributed by atoms with Gasteiger partial charge in [-0.05, 0) is 25.8 Å². The van der Waals surface area contributed by atoms with Gasteiger partial charge in [0.1, 0.15) is 0 Å². The van der Waals surface area contributed by atoms with Gasteiger partial charge < -0.3 is 15.5 Å². The number of rotatable bonds is 6. The highest BCUT2D eigenvalue weighted by Gasteiger charge is 2.19. The van der Waals surface area contributed by atoms with Gasteiger partial charge in [-0.3, -0.25) is 9.59 Å². The predicted octanol–water partition coefficient (Wildman–Crippen LogP) is 0.976. The highest BCUT2D eigenvalue weighted by atomic mass is 16.2. The van der Waals surface area contributed by atoms with Crippen LogP contribution in [0.1, 0.15) is 45.4 Å². The third kappa shape index (κ3) is 6.05. The summed E-state index contributed by atoms with van der Waals surface area (Å²) in [6.45, 7) is 5.24. The second-order valence-electron chi connectivity index (χ2n) is 5.19. The van der Waals surface area contributed by atoms with Crippen molar-refractivity contribution < 1.29 is 9.59 Å². The number of unbranched alkanes of at least 4 members (excludes halogenated alkanes) is 3. The minimum atomic E-state index is 0.107. The molecule has 0 radical (unpaired) electrons. The summed E-state index contributed by atoms with van der Waals surface area (Å²) in [6.07, 6.45) is 5.71. The van der Waals surface area contributed by atoms with E-state index in [1.165, 1.54) is 0 Å². The molecule has 0 saturated carbocycles. The zero-order valence-electron chi connectivity index (χ0n) is 12.1. The van der Waals surface area contributed by atoms with Gasteiger partial charge in [0.05, 0.1) is 0 Å². The average molecular weight is 269 g/mol. The second-order valence-corrected chi connectivity index (χ2v) is 5.19. The monoisotopic (exact) mass is 269 g/mol. The predicted molar refractivity (Wildman–Crippen MR) is 75.6 cm³/mol. The molecule has 19 heavy (non-hydrogen) atoms. The molecule has 0 aromatic carbocycles. The topological polar surface area (TPSA) is 66.6 Å². The first-order chi connectivity index (χ1) is 9.15. The summed E-state index contributed by atoms with van der Waals surface area (Å²) in [5.41, 5.74) is 5.43. The lowest BCUT2D eigenvalue weighted by atomic mass is 10.1. The van der Waals surface area contributed by atoms with Gasteiger partial charge in [-0.15, -0.1) is 0 Å². The van der Waals surface area contributed by atoms with Crippen LogP contribution in [-0.2, 0) is 9.59 Å². The number of carbonyl (C=O) groups is 2. The Labute approximate surface area is 116 Å². The largest absolute Gasteiger partial charge is 0.341 e. The summed E-state index contributed by atoms with van der Waals surface area (Å²) in [5, 5.41) is 0. The third-order valence-corrected chi connectivity index (χ3v) is 3.64. The fraction of sp³-hybridized carbons (Fsp3) is 0.857. The van der Waals surface area contributed by atoms with Crippen molar-refractivity contribution in [3.63, 3.8) is 0 Å². The molecule has 1 aliphatic heterocycles. The number of hydrogen-bond acceptors (Lipinski definition) is 3. The minimum absolute atomic E-state index is 0.107. The molecule has 0 unspecified atom stereocenters. The zero-order chi connectivity index (χ0) is 14.1. The van der Waals surface area contributed by atoms with Crippen LogP contribution >= 0.6 is 0 Å². The quantitative estimate of drug-likeness (QED) is 0.731. The van der Waals surface area contributed by atoms with E-state index < -0.39 is 0 Å². The van der Waals surface area contributed by atoms with E-state index in [4.69, 9.17) is 5.73 Å². The number of amides is 2. The third-order valence-electron chi connectivity index (χ3n) is 3.64. The van der Waals surface area contributed by atoms with Gasteiger partial charge in [0.25, 0.3) is 0 Å². The van der Waals surface area contributed by atoms with Crippen molar-refractivity contribution in [2.45, 2.75) is 45.4 Å². The lowest BCUT2D eigenvalue weighted by Gasteiger charge is -2.21. The van der Waals surface area contributed by atoms with E-state index in [1.54, 1.807) is 6.92 Å². The van der Waals surface area contributed by atoms with Gasteiger partial charge >= 0.3 is 0 Å². The maximum absolute atomic E-state index is 12.1. The Balaban J connectivity index is 2.23. The molecule has 0 bridgehead atoms. The second kappa shape index (κ2) is 8.91. The number of nitrogens with two attached hydrogens (primary N) is 1. The van der Waals surface area contributed by atoms with Crippen LogP contribution in [0.4, 0.5) is 0 Å². The van der Waals surface area contributed by atoms with Gasteiger partial charge in [0.2, 0.25) is 11.8 Å². The fourth-order valence-electron chi connectivity index (χ4n) is 2.41. The molecule has 1 rings (SSSR count). The number of carbonyl (C=O) groups excluding carboxylic acids is 2. The van der Waals surface area contributed by atoms with E-state index in [0.717, 1.165) is 51.7 Å². The van der Waals surface area contributed by atoms with E-state index in [0.29, 0.717) is 19.5 Å². The molecule has 5 heteroatoms. The first-order valence-corrected chi connectivity index (χ1v) is 7.38. The first-order valence-electron chi connectivity index (χ1n) is 7.38. The molecule has 0 aliphatic carbocycles. The minimum Gasteiger partial charge on any atom is -0.341 e. The van der Waals surface area contributed by atoms with E-state index in [2.05, 4.69) is 0 Å². The van der Waals surface area contributed by atoms with Crippen molar-refractivity contribution in [2.24, 2.45) is 5.73 Å². The fourth-order valence-corrected chi connectivity index (χ4v) is 2.41. The molecule has 0 atom stereocenters. The lowest BCUT2D eigenvalue weighted by Crippen LogP contribution is -2.36. The summed E-state index contributed by atoms with van der Waals surface area (Å²) in [7, 11) is 0. The molecular formula is C14H27N3O2. The van der Waals surface area contributed by atoms with Gasteiger partial charge in [0, 0.05) is 39.5 Å². The van der Waals surface area contributed by atoms with Gasteiger partial charge in [-0.25, -0.2) is 0 Å². The highest BCUT2D eigenvalue weighted by molar-refractivity contribution is 5.76. The Morgan fingerprint density at radius 2 is 1.58 bits per heavy atom. The summed E-state index contributed by atoms with van der Waals surface area (Å²) in [6, 6.07) is 0. The molecular weight excluding hydrogens is 242 g/mol. The van der Waals surface area contributed by atoms with E-state index >= 15 is 0 Å². The SMILES string of the molecule is CC(=O)N1CCCN(C(=O)CCCCCCN)CC1. The van der Waals surface area contributed by atoms with Crippen LogP contribution in [0, 0.1) is 0 Å². The molecule has 0 aromatic rings. The van der Waals surface area contributed by atoms with Crippen LogP contribution in [0.15, 0.2) is 0 Å². The van der Waals surface area contributed by atoms with Crippen LogP contribution in [0.25, 0.3) is 0 Å². The Morgan fingerprint density at radius 3 is 2.26 bits per heavy atom. The van der Waals surface area contributed by atoms with Crippen molar-refractivity contribution in [3.05, 3.63) is 0 Å². The lowest BCUT2D eigenvalue weighted by molar-refractivity contribution is -0.132. The maximum atomic E-state index is 12.1. The van der Waals surface area contributed by atoms with Gasteiger partial charge in [-0.2, -0.15) is 0 Å². The molecule has 1 saturated heterocycles. The molecule has 0 aromatic heterocycles. The number of hydrogen-bond donors (Lipinski definition) is 1. The van der Waals surface area contributed by atoms with Crippen LogP contribution in [0.3, 0.4) is 0 Å². The summed E-state index contributed by atoms with van der Waals surface area (Å²) in [5.74, 6) is 0.342. The molecule has 5 nitrogen and oxygen atoms in total. The molecule has 0 spiro atoms.